The monoisotopic (exact) mass is 215 g/mol. The number of anilines is 1. The van der Waals surface area contributed by atoms with Crippen LogP contribution in [0.4, 0.5) is 5.82 Å². The molecule has 0 atom stereocenters. The van der Waals surface area contributed by atoms with Gasteiger partial charge in [0, 0.05) is 6.07 Å². The Kier molecular flexibility index (Phi) is 3.25. The molecular weight excluding hydrogens is 198 g/mol. The average molecular weight is 215 g/mol. The van der Waals surface area contributed by atoms with Crippen molar-refractivity contribution in [3.8, 4) is 5.69 Å². The van der Waals surface area contributed by atoms with Crippen LogP contribution in [0.5, 0.6) is 0 Å². The largest absolute Gasteiger partial charge is 0.384 e. The second-order valence-corrected chi connectivity index (χ2v) is 3.91. The molecule has 84 valence electrons. The molecule has 0 aliphatic carbocycles. The van der Waals surface area contributed by atoms with Crippen molar-refractivity contribution in [1.29, 1.82) is 0 Å². The van der Waals surface area contributed by atoms with Crippen LogP contribution >= 0.6 is 0 Å². The van der Waals surface area contributed by atoms with Crippen LogP contribution in [-0.2, 0) is 6.42 Å². The van der Waals surface area contributed by atoms with Crippen LogP contribution in [-0.4, -0.2) is 9.78 Å². The minimum absolute atomic E-state index is 0.706. The molecule has 2 rings (SSSR count). The van der Waals surface area contributed by atoms with Crippen LogP contribution in [0.15, 0.2) is 36.4 Å². The number of nitrogens with two attached hydrogens (primary N) is 1. The molecule has 0 amide bonds. The van der Waals surface area contributed by atoms with Crippen molar-refractivity contribution in [2.75, 3.05) is 5.73 Å². The third-order valence-electron chi connectivity index (χ3n) is 2.57. The molecule has 1 aromatic heterocycles. The van der Waals surface area contributed by atoms with E-state index in [9.17, 15) is 0 Å². The van der Waals surface area contributed by atoms with Crippen LogP contribution < -0.4 is 5.73 Å². The Hall–Kier alpha value is -1.77. The van der Waals surface area contributed by atoms with Crippen molar-refractivity contribution < 1.29 is 0 Å². The zero-order chi connectivity index (χ0) is 11.4. The molecule has 0 saturated carbocycles. The van der Waals surface area contributed by atoms with Gasteiger partial charge in [0.25, 0.3) is 0 Å². The summed E-state index contributed by atoms with van der Waals surface area (Å²) in [6.45, 7) is 2.18. The molecule has 2 aromatic rings. The fraction of sp³-hybridized carbons (Fsp3) is 0.308. The quantitative estimate of drug-likeness (QED) is 0.852. The zero-order valence-electron chi connectivity index (χ0n) is 9.56. The maximum atomic E-state index is 5.95. The highest BCUT2D eigenvalue weighted by Crippen LogP contribution is 2.15. The van der Waals surface area contributed by atoms with E-state index >= 15 is 0 Å². The van der Waals surface area contributed by atoms with Gasteiger partial charge in [0.15, 0.2) is 0 Å². The van der Waals surface area contributed by atoms with Crippen molar-refractivity contribution in [3.63, 3.8) is 0 Å². The fourth-order valence-electron chi connectivity index (χ4n) is 1.70. The molecule has 0 unspecified atom stereocenters. The number of hydrogen-bond donors (Lipinski definition) is 1. The second-order valence-electron chi connectivity index (χ2n) is 3.91. The first kappa shape index (κ1) is 10.7. The lowest BCUT2D eigenvalue weighted by atomic mass is 10.2. The van der Waals surface area contributed by atoms with Crippen molar-refractivity contribution in [3.05, 3.63) is 42.1 Å². The molecule has 3 nitrogen and oxygen atoms in total. The molecule has 1 heterocycles. The first-order chi connectivity index (χ1) is 7.81. The molecule has 2 N–H and O–H groups in total. The van der Waals surface area contributed by atoms with E-state index < -0.39 is 0 Å². The van der Waals surface area contributed by atoms with Crippen molar-refractivity contribution in [2.24, 2.45) is 0 Å². The number of para-hydroxylation sites is 1. The summed E-state index contributed by atoms with van der Waals surface area (Å²) in [7, 11) is 0. The van der Waals surface area contributed by atoms with Gasteiger partial charge in [0.05, 0.1) is 11.4 Å². The molecule has 0 saturated heterocycles. The Bertz CT molecular complexity index is 445. The van der Waals surface area contributed by atoms with Gasteiger partial charge in [-0.05, 0) is 25.0 Å². The summed E-state index contributed by atoms with van der Waals surface area (Å²) in [5.41, 5.74) is 8.03. The lowest BCUT2D eigenvalue weighted by Crippen LogP contribution is -2.01. The predicted molar refractivity (Wildman–Crippen MR) is 66.6 cm³/mol. The predicted octanol–water partition coefficient (Wildman–Crippen LogP) is 2.80. The summed E-state index contributed by atoms with van der Waals surface area (Å²) in [6, 6.07) is 11.9. The SMILES string of the molecule is CCCCc1cc(N)n(-c2ccccc2)n1. The third-order valence-corrected chi connectivity index (χ3v) is 2.57. The van der Waals surface area contributed by atoms with E-state index in [4.69, 9.17) is 5.73 Å². The summed E-state index contributed by atoms with van der Waals surface area (Å²) in [6.07, 6.45) is 3.34. The van der Waals surface area contributed by atoms with Gasteiger partial charge in [-0.15, -0.1) is 0 Å². The summed E-state index contributed by atoms with van der Waals surface area (Å²) in [5.74, 6) is 0.706. The van der Waals surface area contributed by atoms with Gasteiger partial charge in [-0.25, -0.2) is 4.68 Å². The molecule has 3 heteroatoms. The maximum Gasteiger partial charge on any atom is 0.127 e. The van der Waals surface area contributed by atoms with Crippen LogP contribution in [0.3, 0.4) is 0 Å². The smallest absolute Gasteiger partial charge is 0.127 e. The number of aromatic nitrogens is 2. The van der Waals surface area contributed by atoms with Crippen molar-refractivity contribution in [2.45, 2.75) is 26.2 Å². The first-order valence-corrected chi connectivity index (χ1v) is 5.71. The molecule has 0 radical (unpaired) electrons. The van der Waals surface area contributed by atoms with E-state index in [2.05, 4.69) is 12.0 Å². The lowest BCUT2D eigenvalue weighted by Gasteiger charge is -2.02. The Morgan fingerprint density at radius 1 is 1.25 bits per heavy atom. The second kappa shape index (κ2) is 4.84. The minimum atomic E-state index is 0.706. The van der Waals surface area contributed by atoms with Gasteiger partial charge in [0.1, 0.15) is 5.82 Å². The van der Waals surface area contributed by atoms with Crippen LogP contribution in [0.25, 0.3) is 5.69 Å². The fourth-order valence-corrected chi connectivity index (χ4v) is 1.70. The van der Waals surface area contributed by atoms with Gasteiger partial charge in [-0.1, -0.05) is 31.5 Å². The lowest BCUT2D eigenvalue weighted by molar-refractivity contribution is 0.753. The summed E-state index contributed by atoms with van der Waals surface area (Å²) in [5, 5.41) is 4.51. The van der Waals surface area contributed by atoms with Crippen LogP contribution in [0.1, 0.15) is 25.5 Å². The summed E-state index contributed by atoms with van der Waals surface area (Å²) < 4.78 is 1.80. The molecule has 0 bridgehead atoms. The molecular formula is C13H17N3. The van der Waals surface area contributed by atoms with Gasteiger partial charge in [-0.3, -0.25) is 0 Å². The Morgan fingerprint density at radius 2 is 2.00 bits per heavy atom. The molecule has 0 aliphatic rings. The molecule has 0 aliphatic heterocycles. The molecule has 16 heavy (non-hydrogen) atoms. The van der Waals surface area contributed by atoms with Crippen molar-refractivity contribution >= 4 is 5.82 Å². The number of unbranched alkanes of at least 4 members (excludes halogenated alkanes) is 1. The Labute approximate surface area is 95.9 Å². The van der Waals surface area contributed by atoms with Crippen LogP contribution in [0, 0.1) is 0 Å². The van der Waals surface area contributed by atoms with Crippen LogP contribution in [0.2, 0.25) is 0 Å². The highest BCUT2D eigenvalue weighted by Gasteiger charge is 2.05. The maximum absolute atomic E-state index is 5.95. The van der Waals surface area contributed by atoms with E-state index in [1.54, 1.807) is 4.68 Å². The van der Waals surface area contributed by atoms with E-state index in [1.807, 2.05) is 36.4 Å². The van der Waals surface area contributed by atoms with Crippen molar-refractivity contribution in [1.82, 2.24) is 9.78 Å². The highest BCUT2D eigenvalue weighted by atomic mass is 15.3. The highest BCUT2D eigenvalue weighted by molar-refractivity contribution is 5.42. The molecule has 0 fully saturated rings. The van der Waals surface area contributed by atoms with Gasteiger partial charge >= 0.3 is 0 Å². The Balaban J connectivity index is 2.25. The normalized spacial score (nSPS) is 10.6. The van der Waals surface area contributed by atoms with E-state index in [1.165, 1.54) is 6.42 Å². The number of nitrogen functional groups attached to an aromatic ring is 1. The van der Waals surface area contributed by atoms with Gasteiger partial charge in [0.2, 0.25) is 0 Å². The third kappa shape index (κ3) is 2.24. The zero-order valence-corrected chi connectivity index (χ0v) is 9.56. The first-order valence-electron chi connectivity index (χ1n) is 5.71. The average Bonchev–Trinajstić information content (AvgIpc) is 2.69. The Morgan fingerprint density at radius 3 is 2.69 bits per heavy atom. The van der Waals surface area contributed by atoms with E-state index in [0.29, 0.717) is 5.82 Å². The summed E-state index contributed by atoms with van der Waals surface area (Å²) >= 11 is 0. The van der Waals surface area contributed by atoms with Gasteiger partial charge in [-0.2, -0.15) is 5.10 Å². The number of hydrogen-bond acceptors (Lipinski definition) is 2. The van der Waals surface area contributed by atoms with Gasteiger partial charge < -0.3 is 5.73 Å². The topological polar surface area (TPSA) is 43.8 Å². The van der Waals surface area contributed by atoms with E-state index in [0.717, 1.165) is 24.2 Å². The minimum Gasteiger partial charge on any atom is -0.384 e. The summed E-state index contributed by atoms with van der Waals surface area (Å²) in [4.78, 5) is 0. The standard InChI is InChI=1S/C13H17N3/c1-2-3-7-11-10-13(14)16(15-11)12-8-5-4-6-9-12/h4-6,8-10H,2-3,7,14H2,1H3. The number of nitrogens with zero attached hydrogens (tertiary/aromatic N) is 2. The molecule has 0 spiro atoms. The molecule has 1 aromatic carbocycles. The number of benzene rings is 1. The number of aryl methyl sites for hydroxylation is 1. The number of rotatable bonds is 4. The van der Waals surface area contributed by atoms with E-state index in [-0.39, 0.29) is 0 Å².